The fourth-order valence-corrected chi connectivity index (χ4v) is 2.24. The van der Waals surface area contributed by atoms with Crippen molar-refractivity contribution in [3.05, 3.63) is 73.3 Å². The van der Waals surface area contributed by atoms with Gasteiger partial charge in [-0.25, -0.2) is 0 Å². The number of rotatable bonds is 2. The van der Waals surface area contributed by atoms with Crippen molar-refractivity contribution in [2.75, 3.05) is 5.73 Å². The number of hydrogen-bond acceptors (Lipinski definition) is 1. The Labute approximate surface area is 120 Å². The van der Waals surface area contributed by atoms with Gasteiger partial charge in [-0.1, -0.05) is 0 Å². The highest BCUT2D eigenvalue weighted by molar-refractivity contribution is 7.07. The summed E-state index contributed by atoms with van der Waals surface area (Å²) in [6.07, 6.45) is 8.15. The Kier molecular flexibility index (Phi) is 3.44. The normalized spacial score (nSPS) is 10.4. The number of pyridine rings is 2. The van der Waals surface area contributed by atoms with Crippen LogP contribution >= 0.6 is 9.39 Å². The van der Waals surface area contributed by atoms with Crippen LogP contribution in [0.5, 0.6) is 0 Å². The SMILES string of the molecule is Nc1ccc(-[n+]2ccc(-c3cc[n+](P)cc3)cc2)cc1. The Morgan fingerprint density at radius 1 is 0.700 bits per heavy atom. The maximum atomic E-state index is 5.70. The first-order valence-corrected chi connectivity index (χ1v) is 6.88. The molecule has 3 nitrogen and oxygen atoms in total. The van der Waals surface area contributed by atoms with Gasteiger partial charge in [0.25, 0.3) is 0 Å². The van der Waals surface area contributed by atoms with Crippen molar-refractivity contribution >= 4 is 15.1 Å². The average Bonchev–Trinajstić information content (AvgIpc) is 2.49. The summed E-state index contributed by atoms with van der Waals surface area (Å²) in [4.78, 5) is 0. The average molecular weight is 281 g/mol. The smallest absolute Gasteiger partial charge is 0.210 e. The van der Waals surface area contributed by atoms with Gasteiger partial charge in [-0.05, 0) is 23.3 Å². The molecule has 2 N–H and O–H groups in total. The van der Waals surface area contributed by atoms with Crippen molar-refractivity contribution in [3.8, 4) is 16.8 Å². The quantitative estimate of drug-likeness (QED) is 0.436. The van der Waals surface area contributed by atoms with Crippen LogP contribution in [0, 0.1) is 0 Å². The molecule has 98 valence electrons. The molecule has 0 aliphatic carbocycles. The van der Waals surface area contributed by atoms with E-state index in [9.17, 15) is 0 Å². The maximum Gasteiger partial charge on any atom is 0.210 e. The summed E-state index contributed by atoms with van der Waals surface area (Å²) in [6, 6.07) is 16.2. The minimum Gasteiger partial charge on any atom is -0.399 e. The first-order chi connectivity index (χ1) is 9.72. The van der Waals surface area contributed by atoms with Crippen molar-refractivity contribution < 1.29 is 8.90 Å². The molecule has 20 heavy (non-hydrogen) atoms. The summed E-state index contributed by atoms with van der Waals surface area (Å²) in [7, 11) is 2.62. The molecule has 1 aromatic carbocycles. The van der Waals surface area contributed by atoms with Gasteiger partial charge in [0.1, 0.15) is 0 Å². The Morgan fingerprint density at radius 3 is 1.75 bits per heavy atom. The van der Waals surface area contributed by atoms with Crippen LogP contribution in [0.25, 0.3) is 16.8 Å². The second-order valence-electron chi connectivity index (χ2n) is 4.62. The zero-order valence-electron chi connectivity index (χ0n) is 11.0. The summed E-state index contributed by atoms with van der Waals surface area (Å²) >= 11 is 0. The van der Waals surface area contributed by atoms with Gasteiger partial charge in [-0.2, -0.15) is 8.90 Å². The Morgan fingerprint density at radius 2 is 1.20 bits per heavy atom. The van der Waals surface area contributed by atoms with Crippen LogP contribution in [0.3, 0.4) is 0 Å². The molecule has 1 atom stereocenters. The van der Waals surface area contributed by atoms with E-state index in [1.807, 2.05) is 41.0 Å². The number of nitrogens with two attached hydrogens (primary N) is 1. The summed E-state index contributed by atoms with van der Waals surface area (Å²) in [5.74, 6) is 0. The van der Waals surface area contributed by atoms with Crippen LogP contribution < -0.4 is 14.6 Å². The molecule has 0 saturated carbocycles. The van der Waals surface area contributed by atoms with Gasteiger partial charge < -0.3 is 5.73 Å². The Bertz CT molecular complexity index is 640. The second-order valence-corrected chi connectivity index (χ2v) is 5.22. The monoisotopic (exact) mass is 281 g/mol. The van der Waals surface area contributed by atoms with Crippen LogP contribution in [0.15, 0.2) is 73.3 Å². The lowest BCUT2D eigenvalue weighted by Gasteiger charge is -2.00. The third-order valence-electron chi connectivity index (χ3n) is 3.21. The molecule has 1 unspecified atom stereocenters. The highest BCUT2D eigenvalue weighted by Crippen LogP contribution is 2.16. The molecule has 0 amide bonds. The largest absolute Gasteiger partial charge is 0.399 e. The minimum absolute atomic E-state index is 0.779. The highest BCUT2D eigenvalue weighted by atomic mass is 31.0. The fraction of sp³-hybridized carbons (Fsp3) is 0. The Balaban J connectivity index is 1.91. The maximum absolute atomic E-state index is 5.70. The number of aromatic nitrogens is 2. The van der Waals surface area contributed by atoms with Gasteiger partial charge in [0.05, 0.1) is 0 Å². The van der Waals surface area contributed by atoms with E-state index in [-0.39, 0.29) is 0 Å². The van der Waals surface area contributed by atoms with E-state index in [0.717, 1.165) is 11.4 Å². The zero-order chi connectivity index (χ0) is 13.9. The van der Waals surface area contributed by atoms with Crippen molar-refractivity contribution in [1.82, 2.24) is 0 Å². The summed E-state index contributed by atoms with van der Waals surface area (Å²) in [5.41, 5.74) is 9.98. The highest BCUT2D eigenvalue weighted by Gasteiger charge is 2.06. The van der Waals surface area contributed by atoms with E-state index in [4.69, 9.17) is 5.73 Å². The Hall–Kier alpha value is -2.25. The van der Waals surface area contributed by atoms with E-state index >= 15 is 0 Å². The molecule has 0 radical (unpaired) electrons. The van der Waals surface area contributed by atoms with Crippen molar-refractivity contribution in [2.24, 2.45) is 0 Å². The number of anilines is 1. The van der Waals surface area contributed by atoms with Gasteiger partial charge in [-0.3, -0.25) is 0 Å². The molecule has 0 saturated heterocycles. The zero-order valence-corrected chi connectivity index (χ0v) is 12.1. The van der Waals surface area contributed by atoms with Gasteiger partial charge >= 0.3 is 0 Å². The van der Waals surface area contributed by atoms with Gasteiger partial charge in [0.15, 0.2) is 34.2 Å². The summed E-state index contributed by atoms with van der Waals surface area (Å²) in [6.45, 7) is 0. The molecule has 2 aromatic heterocycles. The van der Waals surface area contributed by atoms with Crippen LogP contribution in [-0.4, -0.2) is 0 Å². The van der Waals surface area contributed by atoms with Crippen LogP contribution in [0.2, 0.25) is 0 Å². The number of benzene rings is 1. The number of hydrogen-bond donors (Lipinski definition) is 1. The van der Waals surface area contributed by atoms with E-state index in [0.29, 0.717) is 0 Å². The lowest BCUT2D eigenvalue weighted by molar-refractivity contribution is -0.595. The summed E-state index contributed by atoms with van der Waals surface area (Å²) in [5, 5.41) is 0. The first kappa shape index (κ1) is 12.8. The summed E-state index contributed by atoms with van der Waals surface area (Å²) < 4.78 is 4.02. The number of nitrogen functional groups attached to an aromatic ring is 1. The van der Waals surface area contributed by atoms with E-state index in [1.165, 1.54) is 11.1 Å². The van der Waals surface area contributed by atoms with Crippen LogP contribution in [0.1, 0.15) is 0 Å². The molecule has 0 spiro atoms. The lowest BCUT2D eigenvalue weighted by Crippen LogP contribution is -2.29. The van der Waals surface area contributed by atoms with E-state index in [1.54, 1.807) is 0 Å². The topological polar surface area (TPSA) is 33.8 Å². The second kappa shape index (κ2) is 5.40. The predicted molar refractivity (Wildman–Crippen MR) is 83.1 cm³/mol. The molecule has 2 heterocycles. The van der Waals surface area contributed by atoms with Crippen molar-refractivity contribution in [1.29, 1.82) is 0 Å². The van der Waals surface area contributed by atoms with E-state index < -0.39 is 0 Å². The third-order valence-corrected chi connectivity index (χ3v) is 3.55. The number of nitrogens with zero attached hydrogens (tertiary/aromatic N) is 2. The van der Waals surface area contributed by atoms with Crippen LogP contribution in [0.4, 0.5) is 5.69 Å². The van der Waals surface area contributed by atoms with Crippen molar-refractivity contribution in [2.45, 2.75) is 0 Å². The molecule has 4 heteroatoms. The molecule has 3 aromatic rings. The van der Waals surface area contributed by atoms with Gasteiger partial charge in [0, 0.05) is 42.1 Å². The fourth-order valence-electron chi connectivity index (χ4n) is 2.07. The first-order valence-electron chi connectivity index (χ1n) is 6.36. The van der Waals surface area contributed by atoms with Gasteiger partial charge in [0.2, 0.25) is 5.69 Å². The molecule has 0 aliphatic heterocycles. The molecule has 0 fully saturated rings. The molecule has 0 bridgehead atoms. The third kappa shape index (κ3) is 2.68. The van der Waals surface area contributed by atoms with E-state index in [2.05, 4.69) is 50.6 Å². The predicted octanol–water partition coefficient (Wildman–Crippen LogP) is 2.14. The van der Waals surface area contributed by atoms with Crippen molar-refractivity contribution in [3.63, 3.8) is 0 Å². The molecular weight excluding hydrogens is 265 g/mol. The molecular formula is C16H16N3P+2. The molecule has 3 rings (SSSR count). The van der Waals surface area contributed by atoms with Gasteiger partial charge in [-0.15, -0.1) is 0 Å². The standard InChI is InChI=1S/C16H15N3P/c17-15-1-3-16(4-2-15)18-9-5-13(6-10-18)14-7-11-19(20)12-8-14/h1-12,17H,20H2/q+1/p+1. The molecule has 0 aliphatic rings. The minimum atomic E-state index is 0.779. The lowest BCUT2D eigenvalue weighted by atomic mass is 10.1. The van der Waals surface area contributed by atoms with Crippen LogP contribution in [-0.2, 0) is 0 Å².